The molecule has 0 aliphatic rings. The Morgan fingerprint density at radius 1 is 1.13 bits per heavy atom. The van der Waals surface area contributed by atoms with E-state index in [0.717, 1.165) is 20.0 Å². The summed E-state index contributed by atoms with van der Waals surface area (Å²) in [5.41, 5.74) is 0. The Labute approximate surface area is 90.9 Å². The molecule has 0 fully saturated rings. The van der Waals surface area contributed by atoms with Gasteiger partial charge in [0.2, 0.25) is 0 Å². The number of carbonyl (C=O) groups is 2. The molecule has 0 amide bonds. The number of rotatable bonds is 5. The van der Waals surface area contributed by atoms with Gasteiger partial charge < -0.3 is 9.47 Å². The standard InChI is InChI=1S/C11H20O4/c1-8(2)7-9(3)5-6-15-11(13)10(12)14-4/h8-9H,5-7H2,1-4H3. The van der Waals surface area contributed by atoms with E-state index in [9.17, 15) is 9.59 Å². The highest BCUT2D eigenvalue weighted by Gasteiger charge is 2.15. The minimum absolute atomic E-state index is 0.280. The molecular formula is C11H20O4. The predicted molar refractivity (Wildman–Crippen MR) is 56.2 cm³/mol. The average molecular weight is 216 g/mol. The van der Waals surface area contributed by atoms with Gasteiger partial charge in [0, 0.05) is 0 Å². The molecule has 88 valence electrons. The van der Waals surface area contributed by atoms with Gasteiger partial charge in [-0.25, -0.2) is 9.59 Å². The molecule has 0 aromatic rings. The van der Waals surface area contributed by atoms with Crippen LogP contribution in [0.1, 0.15) is 33.6 Å². The maximum absolute atomic E-state index is 10.9. The van der Waals surface area contributed by atoms with Crippen LogP contribution in [0.3, 0.4) is 0 Å². The molecule has 0 saturated heterocycles. The minimum Gasteiger partial charge on any atom is -0.461 e. The lowest BCUT2D eigenvalue weighted by molar-refractivity contribution is -0.166. The Morgan fingerprint density at radius 3 is 2.20 bits per heavy atom. The molecule has 4 nitrogen and oxygen atoms in total. The zero-order valence-corrected chi connectivity index (χ0v) is 9.91. The van der Waals surface area contributed by atoms with Crippen LogP contribution >= 0.6 is 0 Å². The van der Waals surface area contributed by atoms with Crippen LogP contribution in [0.25, 0.3) is 0 Å². The van der Waals surface area contributed by atoms with Crippen molar-refractivity contribution < 1.29 is 19.1 Å². The summed E-state index contributed by atoms with van der Waals surface area (Å²) in [4.78, 5) is 21.5. The molecule has 15 heavy (non-hydrogen) atoms. The second-order valence-electron chi connectivity index (χ2n) is 4.15. The SMILES string of the molecule is COC(=O)C(=O)OCCC(C)CC(C)C. The Balaban J connectivity index is 3.61. The Bertz CT molecular complexity index is 211. The van der Waals surface area contributed by atoms with E-state index in [1.807, 2.05) is 0 Å². The van der Waals surface area contributed by atoms with Crippen LogP contribution < -0.4 is 0 Å². The van der Waals surface area contributed by atoms with Crippen LogP contribution in [0.5, 0.6) is 0 Å². The molecule has 0 aromatic heterocycles. The van der Waals surface area contributed by atoms with Crippen molar-refractivity contribution in [3.8, 4) is 0 Å². The number of ether oxygens (including phenoxy) is 2. The van der Waals surface area contributed by atoms with Gasteiger partial charge in [-0.15, -0.1) is 0 Å². The molecule has 0 rings (SSSR count). The number of carbonyl (C=O) groups excluding carboxylic acids is 2. The van der Waals surface area contributed by atoms with Gasteiger partial charge in [-0.05, 0) is 24.7 Å². The van der Waals surface area contributed by atoms with Crippen molar-refractivity contribution in [3.05, 3.63) is 0 Å². The number of hydrogen-bond acceptors (Lipinski definition) is 4. The Morgan fingerprint density at radius 2 is 1.73 bits per heavy atom. The summed E-state index contributed by atoms with van der Waals surface area (Å²) in [5.74, 6) is -0.715. The van der Waals surface area contributed by atoms with Gasteiger partial charge in [-0.2, -0.15) is 0 Å². The monoisotopic (exact) mass is 216 g/mol. The second-order valence-corrected chi connectivity index (χ2v) is 4.15. The fourth-order valence-corrected chi connectivity index (χ4v) is 1.42. The lowest BCUT2D eigenvalue weighted by Gasteiger charge is -2.13. The van der Waals surface area contributed by atoms with Crippen molar-refractivity contribution in [1.82, 2.24) is 0 Å². The summed E-state index contributed by atoms with van der Waals surface area (Å²) in [5, 5.41) is 0. The number of esters is 2. The van der Waals surface area contributed by atoms with Crippen molar-refractivity contribution in [2.45, 2.75) is 33.6 Å². The maximum Gasteiger partial charge on any atom is 0.417 e. The average Bonchev–Trinajstić information content (AvgIpc) is 2.15. The molecule has 0 spiro atoms. The minimum atomic E-state index is -0.938. The third-order valence-electron chi connectivity index (χ3n) is 2.07. The molecule has 1 atom stereocenters. The van der Waals surface area contributed by atoms with Gasteiger partial charge in [-0.1, -0.05) is 20.8 Å². The molecule has 0 bridgehead atoms. The largest absolute Gasteiger partial charge is 0.461 e. The first-order valence-electron chi connectivity index (χ1n) is 5.22. The number of methoxy groups -OCH3 is 1. The highest BCUT2D eigenvalue weighted by atomic mass is 16.6. The topological polar surface area (TPSA) is 52.6 Å². The van der Waals surface area contributed by atoms with Gasteiger partial charge in [0.05, 0.1) is 13.7 Å². The van der Waals surface area contributed by atoms with E-state index < -0.39 is 11.9 Å². The highest BCUT2D eigenvalue weighted by molar-refractivity contribution is 6.29. The maximum atomic E-state index is 10.9. The summed E-state index contributed by atoms with van der Waals surface area (Å²) in [6.07, 6.45) is 1.87. The van der Waals surface area contributed by atoms with Gasteiger partial charge in [-0.3, -0.25) is 0 Å². The Kier molecular flexibility index (Phi) is 6.75. The zero-order chi connectivity index (χ0) is 11.8. The van der Waals surface area contributed by atoms with Crippen molar-refractivity contribution >= 4 is 11.9 Å². The quantitative estimate of drug-likeness (QED) is 0.519. The van der Waals surface area contributed by atoms with E-state index in [1.165, 1.54) is 0 Å². The summed E-state index contributed by atoms with van der Waals surface area (Å²) in [7, 11) is 1.16. The molecule has 0 radical (unpaired) electrons. The van der Waals surface area contributed by atoms with Gasteiger partial charge in [0.15, 0.2) is 0 Å². The summed E-state index contributed by atoms with van der Waals surface area (Å²) < 4.78 is 8.95. The first kappa shape index (κ1) is 13.9. The fourth-order valence-electron chi connectivity index (χ4n) is 1.42. The van der Waals surface area contributed by atoms with Gasteiger partial charge >= 0.3 is 11.9 Å². The van der Waals surface area contributed by atoms with Gasteiger partial charge in [0.1, 0.15) is 0 Å². The second kappa shape index (κ2) is 7.26. The molecular weight excluding hydrogens is 196 g/mol. The molecule has 0 saturated carbocycles. The number of hydrogen-bond donors (Lipinski definition) is 0. The predicted octanol–water partition coefficient (Wildman–Crippen LogP) is 1.77. The van der Waals surface area contributed by atoms with E-state index in [4.69, 9.17) is 4.74 Å². The van der Waals surface area contributed by atoms with Crippen molar-refractivity contribution in [1.29, 1.82) is 0 Å². The molecule has 0 aromatic carbocycles. The third-order valence-corrected chi connectivity index (χ3v) is 2.07. The first-order chi connectivity index (χ1) is 6.97. The van der Waals surface area contributed by atoms with Gasteiger partial charge in [0.25, 0.3) is 0 Å². The highest BCUT2D eigenvalue weighted by Crippen LogP contribution is 2.14. The van der Waals surface area contributed by atoms with Crippen LogP contribution in [0.15, 0.2) is 0 Å². The van der Waals surface area contributed by atoms with E-state index in [2.05, 4.69) is 25.5 Å². The Hall–Kier alpha value is -1.06. The summed E-state index contributed by atoms with van der Waals surface area (Å²) in [6.45, 7) is 6.68. The first-order valence-corrected chi connectivity index (χ1v) is 5.22. The lowest BCUT2D eigenvalue weighted by Crippen LogP contribution is -2.20. The normalized spacial score (nSPS) is 12.3. The fraction of sp³-hybridized carbons (Fsp3) is 0.818. The van der Waals surface area contributed by atoms with Crippen LogP contribution in [-0.4, -0.2) is 25.7 Å². The van der Waals surface area contributed by atoms with Crippen molar-refractivity contribution in [2.24, 2.45) is 11.8 Å². The lowest BCUT2D eigenvalue weighted by atomic mass is 9.96. The van der Waals surface area contributed by atoms with E-state index in [1.54, 1.807) is 0 Å². The molecule has 0 heterocycles. The van der Waals surface area contributed by atoms with Crippen LogP contribution in [0, 0.1) is 11.8 Å². The van der Waals surface area contributed by atoms with E-state index in [0.29, 0.717) is 11.8 Å². The molecule has 1 unspecified atom stereocenters. The van der Waals surface area contributed by atoms with Crippen LogP contribution in [-0.2, 0) is 19.1 Å². The van der Waals surface area contributed by atoms with Crippen molar-refractivity contribution in [2.75, 3.05) is 13.7 Å². The van der Waals surface area contributed by atoms with Crippen molar-refractivity contribution in [3.63, 3.8) is 0 Å². The molecule has 0 N–H and O–H groups in total. The smallest absolute Gasteiger partial charge is 0.417 e. The summed E-state index contributed by atoms with van der Waals surface area (Å²) in [6, 6.07) is 0. The summed E-state index contributed by atoms with van der Waals surface area (Å²) >= 11 is 0. The third kappa shape index (κ3) is 6.94. The van der Waals surface area contributed by atoms with E-state index in [-0.39, 0.29) is 6.61 Å². The van der Waals surface area contributed by atoms with E-state index >= 15 is 0 Å². The van der Waals surface area contributed by atoms with Crippen LogP contribution in [0.2, 0.25) is 0 Å². The molecule has 0 aliphatic carbocycles. The zero-order valence-electron chi connectivity index (χ0n) is 9.91. The molecule has 4 heteroatoms. The molecule has 0 aliphatic heterocycles. The van der Waals surface area contributed by atoms with Crippen LogP contribution in [0.4, 0.5) is 0 Å².